The lowest BCUT2D eigenvalue weighted by molar-refractivity contribution is 0.0600. The van der Waals surface area contributed by atoms with Crippen molar-refractivity contribution < 1.29 is 14.3 Å². The number of aryl methyl sites for hydroxylation is 1. The maximum Gasteiger partial charge on any atom is 0.337 e. The van der Waals surface area contributed by atoms with Crippen LogP contribution in [-0.4, -0.2) is 28.4 Å². The molecule has 9 heteroatoms. The molecule has 0 bridgehead atoms. The van der Waals surface area contributed by atoms with Gasteiger partial charge >= 0.3 is 5.97 Å². The van der Waals surface area contributed by atoms with E-state index in [0.29, 0.717) is 21.4 Å². The Labute approximate surface area is 163 Å². The summed E-state index contributed by atoms with van der Waals surface area (Å²) in [6.07, 6.45) is 1.55. The molecule has 26 heavy (non-hydrogen) atoms. The maximum atomic E-state index is 12.8. The predicted octanol–water partition coefficient (Wildman–Crippen LogP) is 4.64. The van der Waals surface area contributed by atoms with Gasteiger partial charge in [0.05, 0.1) is 39.1 Å². The van der Waals surface area contributed by atoms with Crippen molar-refractivity contribution in [3.05, 3.63) is 62.5 Å². The average molecular weight is 413 g/mol. The number of carbonyl (C=O) groups is 2. The lowest BCUT2D eigenvalue weighted by atomic mass is 10.2. The van der Waals surface area contributed by atoms with Crippen molar-refractivity contribution in [2.45, 2.75) is 6.92 Å². The molecule has 1 N–H and O–H groups in total. The molecule has 0 spiro atoms. The highest BCUT2D eigenvalue weighted by Gasteiger charge is 2.20. The minimum Gasteiger partial charge on any atom is -0.465 e. The Hall–Kier alpha value is -2.28. The van der Waals surface area contributed by atoms with E-state index >= 15 is 0 Å². The largest absolute Gasteiger partial charge is 0.465 e. The molecule has 6 nitrogen and oxygen atoms in total. The van der Waals surface area contributed by atoms with Gasteiger partial charge in [0.25, 0.3) is 5.91 Å². The molecule has 3 rings (SSSR count). The first-order valence-electron chi connectivity index (χ1n) is 7.34. The number of carbonyl (C=O) groups excluding carboxylic acids is 2. The predicted molar refractivity (Wildman–Crippen MR) is 101 cm³/mol. The van der Waals surface area contributed by atoms with Crippen LogP contribution in [0.25, 0.3) is 5.65 Å². The van der Waals surface area contributed by atoms with Crippen LogP contribution < -0.4 is 5.32 Å². The van der Waals surface area contributed by atoms with Crippen LogP contribution in [0.3, 0.4) is 0 Å². The van der Waals surface area contributed by atoms with Crippen LogP contribution in [0.5, 0.6) is 0 Å². The van der Waals surface area contributed by atoms with Crippen LogP contribution in [0.2, 0.25) is 15.1 Å². The number of rotatable bonds is 3. The molecule has 0 saturated carbocycles. The summed E-state index contributed by atoms with van der Waals surface area (Å²) in [5, 5.41) is 3.64. The number of imidazole rings is 1. The lowest BCUT2D eigenvalue weighted by Crippen LogP contribution is -2.16. The van der Waals surface area contributed by atoms with Crippen molar-refractivity contribution in [1.82, 2.24) is 9.38 Å². The minimum absolute atomic E-state index is 0.254. The van der Waals surface area contributed by atoms with Gasteiger partial charge in [-0.3, -0.25) is 9.20 Å². The number of methoxy groups -OCH3 is 1. The number of hydrogen-bond donors (Lipinski definition) is 1. The summed E-state index contributed by atoms with van der Waals surface area (Å²) in [6.45, 7) is 1.68. The average Bonchev–Trinajstić information content (AvgIpc) is 2.92. The van der Waals surface area contributed by atoms with Crippen molar-refractivity contribution in [2.75, 3.05) is 12.4 Å². The smallest absolute Gasteiger partial charge is 0.337 e. The first-order valence-corrected chi connectivity index (χ1v) is 8.48. The van der Waals surface area contributed by atoms with Crippen LogP contribution >= 0.6 is 34.8 Å². The summed E-state index contributed by atoms with van der Waals surface area (Å²) in [5.41, 5.74) is 1.65. The number of fused-ring (bicyclic) bond motifs is 1. The Morgan fingerprint density at radius 3 is 2.58 bits per heavy atom. The van der Waals surface area contributed by atoms with E-state index in [9.17, 15) is 9.59 Å². The van der Waals surface area contributed by atoms with Crippen molar-refractivity contribution in [1.29, 1.82) is 0 Å². The molecule has 0 radical (unpaired) electrons. The van der Waals surface area contributed by atoms with Crippen molar-refractivity contribution in [2.24, 2.45) is 0 Å². The summed E-state index contributed by atoms with van der Waals surface area (Å²) in [6, 6.07) is 5.98. The fourth-order valence-electron chi connectivity index (χ4n) is 2.51. The summed E-state index contributed by atoms with van der Waals surface area (Å²) in [4.78, 5) is 28.8. The van der Waals surface area contributed by atoms with Gasteiger partial charge in [-0.1, -0.05) is 34.8 Å². The topological polar surface area (TPSA) is 72.7 Å². The van der Waals surface area contributed by atoms with E-state index in [1.54, 1.807) is 19.2 Å². The van der Waals surface area contributed by atoms with Crippen molar-refractivity contribution in [3.8, 4) is 0 Å². The van der Waals surface area contributed by atoms with Gasteiger partial charge in [-0.25, -0.2) is 9.78 Å². The summed E-state index contributed by atoms with van der Waals surface area (Å²) < 4.78 is 6.18. The zero-order chi connectivity index (χ0) is 19.0. The summed E-state index contributed by atoms with van der Waals surface area (Å²) in [5.74, 6) is -1.01. The van der Waals surface area contributed by atoms with E-state index in [0.717, 1.165) is 0 Å². The monoisotopic (exact) mass is 411 g/mol. The van der Waals surface area contributed by atoms with Crippen LogP contribution in [0, 0.1) is 6.92 Å². The fraction of sp³-hybridized carbons (Fsp3) is 0.118. The molecule has 0 aliphatic heterocycles. The molecule has 0 fully saturated rings. The number of aromatic nitrogens is 2. The normalized spacial score (nSPS) is 10.8. The molecule has 0 atom stereocenters. The number of hydrogen-bond acceptors (Lipinski definition) is 4. The number of pyridine rings is 1. The number of ether oxygens (including phenoxy) is 1. The molecular weight excluding hydrogens is 401 g/mol. The fourth-order valence-corrected chi connectivity index (χ4v) is 3.19. The number of nitrogens with one attached hydrogen (secondary N) is 1. The van der Waals surface area contributed by atoms with Gasteiger partial charge in [0.15, 0.2) is 5.65 Å². The minimum atomic E-state index is -0.540. The zero-order valence-corrected chi connectivity index (χ0v) is 15.9. The third-order valence-corrected chi connectivity index (χ3v) is 4.48. The molecule has 0 aliphatic rings. The Morgan fingerprint density at radius 1 is 1.15 bits per heavy atom. The third-order valence-electron chi connectivity index (χ3n) is 3.67. The van der Waals surface area contributed by atoms with Crippen LogP contribution in [0.4, 0.5) is 5.69 Å². The SMILES string of the molecule is COC(=O)c1ccc(Cl)c(NC(=O)c2c(C)nc3c(Cl)cc(Cl)cn23)c1. The first-order chi connectivity index (χ1) is 12.3. The number of benzene rings is 1. The van der Waals surface area contributed by atoms with Gasteiger partial charge in [-0.05, 0) is 31.2 Å². The number of anilines is 1. The molecule has 2 aromatic heterocycles. The number of nitrogens with zero attached hydrogens (tertiary/aromatic N) is 2. The summed E-state index contributed by atoms with van der Waals surface area (Å²) in [7, 11) is 1.27. The van der Waals surface area contributed by atoms with Crippen LogP contribution in [0.1, 0.15) is 26.5 Å². The standard InChI is InChI=1S/C17H12Cl3N3O3/c1-8-14(23-7-10(18)6-12(20)15(23)21-8)16(24)22-13-5-9(17(25)26-2)3-4-11(13)19/h3-7H,1-2H3,(H,22,24). The number of halogens is 3. The van der Waals surface area contributed by atoms with E-state index in [2.05, 4.69) is 15.0 Å². The van der Waals surface area contributed by atoms with E-state index in [1.807, 2.05) is 0 Å². The Morgan fingerprint density at radius 2 is 1.88 bits per heavy atom. The molecule has 1 aromatic carbocycles. The van der Waals surface area contributed by atoms with Gasteiger partial charge in [0, 0.05) is 6.20 Å². The van der Waals surface area contributed by atoms with Gasteiger partial charge in [-0.15, -0.1) is 0 Å². The molecule has 134 valence electrons. The second-order valence-corrected chi connectivity index (χ2v) is 6.64. The van der Waals surface area contributed by atoms with Gasteiger partial charge in [0.1, 0.15) is 5.69 Å². The Balaban J connectivity index is 2.03. The highest BCUT2D eigenvalue weighted by atomic mass is 35.5. The molecule has 0 saturated heterocycles. The van der Waals surface area contributed by atoms with Gasteiger partial charge < -0.3 is 10.1 Å². The van der Waals surface area contributed by atoms with E-state index in [1.165, 1.54) is 29.7 Å². The number of esters is 1. The number of amides is 1. The van der Waals surface area contributed by atoms with E-state index < -0.39 is 11.9 Å². The second-order valence-electron chi connectivity index (χ2n) is 5.39. The van der Waals surface area contributed by atoms with Crippen molar-refractivity contribution in [3.63, 3.8) is 0 Å². The lowest BCUT2D eigenvalue weighted by Gasteiger charge is -2.10. The Kier molecular flexibility index (Phi) is 5.09. The van der Waals surface area contributed by atoms with Crippen molar-refractivity contribution >= 4 is 58.0 Å². The van der Waals surface area contributed by atoms with Crippen LogP contribution in [-0.2, 0) is 4.74 Å². The molecule has 2 heterocycles. The molecule has 0 aliphatic carbocycles. The highest BCUT2D eigenvalue weighted by molar-refractivity contribution is 6.36. The molecule has 1 amide bonds. The van der Waals surface area contributed by atoms with E-state index in [4.69, 9.17) is 34.8 Å². The van der Waals surface area contributed by atoms with E-state index in [-0.39, 0.29) is 22.0 Å². The second kappa shape index (κ2) is 7.15. The molecular formula is C17H12Cl3N3O3. The Bertz CT molecular complexity index is 1050. The van der Waals surface area contributed by atoms with Gasteiger partial charge in [-0.2, -0.15) is 0 Å². The quantitative estimate of drug-likeness (QED) is 0.636. The van der Waals surface area contributed by atoms with Crippen LogP contribution in [0.15, 0.2) is 30.5 Å². The zero-order valence-electron chi connectivity index (χ0n) is 13.6. The maximum absolute atomic E-state index is 12.8. The highest BCUT2D eigenvalue weighted by Crippen LogP contribution is 2.27. The summed E-state index contributed by atoms with van der Waals surface area (Å²) >= 11 is 18.3. The van der Waals surface area contributed by atoms with Gasteiger partial charge in [0.2, 0.25) is 0 Å². The third kappa shape index (κ3) is 3.35. The molecule has 0 unspecified atom stereocenters. The molecule has 3 aromatic rings. The first kappa shape index (κ1) is 18.5.